The second-order valence-electron chi connectivity index (χ2n) is 7.15. The first kappa shape index (κ1) is 18.1. The molecular formula is C19H22N5O2S2+. The number of carbonyl (C=O) groups is 1. The van der Waals surface area contributed by atoms with Gasteiger partial charge in [-0.05, 0) is 41.8 Å². The molecular weight excluding hydrogens is 394 g/mol. The van der Waals surface area contributed by atoms with E-state index in [1.807, 2.05) is 0 Å². The van der Waals surface area contributed by atoms with Gasteiger partial charge in [0, 0.05) is 13.1 Å². The highest BCUT2D eigenvalue weighted by Gasteiger charge is 2.28. The number of thiophene rings is 1. The minimum absolute atomic E-state index is 0.244. The molecule has 0 radical (unpaired) electrons. The molecule has 3 N–H and O–H groups in total. The average Bonchev–Trinajstić information content (AvgIpc) is 3.11. The number of amides is 1. The number of aromatic nitrogens is 3. The van der Waals surface area contributed by atoms with E-state index in [9.17, 15) is 4.79 Å². The summed E-state index contributed by atoms with van der Waals surface area (Å²) in [4.78, 5) is 27.6. The van der Waals surface area contributed by atoms with Gasteiger partial charge in [0.2, 0.25) is 11.4 Å². The summed E-state index contributed by atoms with van der Waals surface area (Å²) in [5.41, 5.74) is 9.13. The number of thioether (sulfide) groups is 1. The summed E-state index contributed by atoms with van der Waals surface area (Å²) in [7, 11) is 0. The number of morpholine rings is 1. The van der Waals surface area contributed by atoms with E-state index >= 15 is 0 Å². The number of primary amides is 1. The van der Waals surface area contributed by atoms with E-state index in [2.05, 4.69) is 14.9 Å². The highest BCUT2D eigenvalue weighted by molar-refractivity contribution is 8.00. The minimum atomic E-state index is -0.324. The lowest BCUT2D eigenvalue weighted by atomic mass is 9.90. The zero-order chi connectivity index (χ0) is 19.1. The van der Waals surface area contributed by atoms with Gasteiger partial charge in [-0.2, -0.15) is 0 Å². The minimum Gasteiger partial charge on any atom is -0.378 e. The fourth-order valence-electron chi connectivity index (χ4n) is 4.14. The predicted octanol–water partition coefficient (Wildman–Crippen LogP) is 1.95. The van der Waals surface area contributed by atoms with Gasteiger partial charge in [-0.3, -0.25) is 4.79 Å². The van der Waals surface area contributed by atoms with Crippen LogP contribution in [0.25, 0.3) is 20.4 Å². The third-order valence-electron chi connectivity index (χ3n) is 5.38. The van der Waals surface area contributed by atoms with Crippen molar-refractivity contribution >= 4 is 55.3 Å². The number of nitrogens with one attached hydrogen (secondary N) is 1. The second-order valence-corrected chi connectivity index (χ2v) is 9.13. The molecule has 0 saturated carbocycles. The molecule has 1 fully saturated rings. The van der Waals surface area contributed by atoms with Crippen molar-refractivity contribution in [2.75, 3.05) is 37.0 Å². The molecule has 1 saturated heterocycles. The molecule has 0 bridgehead atoms. The first-order valence-electron chi connectivity index (χ1n) is 9.61. The fourth-order valence-corrected chi connectivity index (χ4v) is 6.14. The van der Waals surface area contributed by atoms with E-state index in [0.717, 1.165) is 65.0 Å². The standard InChI is InChI=1S/C19H21N5O2S2/c20-13(25)9-27-19-16-15(21-10-22-19)14-11-3-1-2-4-12(11)17(23-18(14)28-16)24-5-7-26-8-6-24/h10H,1-9H2,(H2,20,25)/p+1. The van der Waals surface area contributed by atoms with Crippen molar-refractivity contribution in [2.45, 2.75) is 30.7 Å². The van der Waals surface area contributed by atoms with E-state index < -0.39 is 0 Å². The number of rotatable bonds is 4. The first-order chi connectivity index (χ1) is 13.7. The molecule has 4 heterocycles. The Bertz CT molecular complexity index is 1060. The Morgan fingerprint density at radius 1 is 1.29 bits per heavy atom. The summed E-state index contributed by atoms with van der Waals surface area (Å²) >= 11 is 3.08. The summed E-state index contributed by atoms with van der Waals surface area (Å²) in [6.45, 7) is 3.29. The van der Waals surface area contributed by atoms with Gasteiger partial charge >= 0.3 is 0 Å². The summed E-state index contributed by atoms with van der Waals surface area (Å²) in [6.07, 6.45) is 6.27. The Labute approximate surface area is 170 Å². The SMILES string of the molecule is NC(=O)CSc1[nH+]cnc2c1sc1nc(N3CCOCC3)c3c(c12)CCCC3. The van der Waals surface area contributed by atoms with E-state index in [4.69, 9.17) is 15.5 Å². The predicted molar refractivity (Wildman–Crippen MR) is 111 cm³/mol. The zero-order valence-corrected chi connectivity index (χ0v) is 17.1. The molecule has 1 aliphatic carbocycles. The smallest absolute Gasteiger partial charge is 0.285 e. The summed E-state index contributed by atoms with van der Waals surface area (Å²) in [5.74, 6) is 1.05. The van der Waals surface area contributed by atoms with E-state index in [1.165, 1.54) is 41.1 Å². The number of H-pyrrole nitrogens is 1. The van der Waals surface area contributed by atoms with Crippen molar-refractivity contribution in [2.24, 2.45) is 5.73 Å². The topological polar surface area (TPSA) is 95.5 Å². The summed E-state index contributed by atoms with van der Waals surface area (Å²) in [6, 6.07) is 0. The third-order valence-corrected chi connectivity index (χ3v) is 7.64. The lowest BCUT2D eigenvalue weighted by Gasteiger charge is -2.31. The Morgan fingerprint density at radius 2 is 2.07 bits per heavy atom. The zero-order valence-electron chi connectivity index (χ0n) is 15.5. The van der Waals surface area contributed by atoms with Crippen LogP contribution in [0.1, 0.15) is 24.0 Å². The molecule has 0 unspecified atom stereocenters. The van der Waals surface area contributed by atoms with Crippen LogP contribution in [0.15, 0.2) is 11.4 Å². The molecule has 7 nitrogen and oxygen atoms in total. The van der Waals surface area contributed by atoms with Crippen LogP contribution in [-0.2, 0) is 22.4 Å². The lowest BCUT2D eigenvalue weighted by molar-refractivity contribution is -0.427. The Morgan fingerprint density at radius 3 is 2.86 bits per heavy atom. The number of aryl methyl sites for hydroxylation is 1. The molecule has 0 spiro atoms. The molecule has 2 aliphatic rings. The van der Waals surface area contributed by atoms with E-state index in [1.54, 1.807) is 17.7 Å². The summed E-state index contributed by atoms with van der Waals surface area (Å²) < 4.78 is 6.60. The first-order valence-corrected chi connectivity index (χ1v) is 11.4. The molecule has 28 heavy (non-hydrogen) atoms. The molecule has 1 amide bonds. The van der Waals surface area contributed by atoms with E-state index in [-0.39, 0.29) is 11.7 Å². The Kier molecular flexibility index (Phi) is 4.82. The van der Waals surface area contributed by atoms with Crippen molar-refractivity contribution in [3.63, 3.8) is 0 Å². The van der Waals surface area contributed by atoms with Crippen LogP contribution in [0.5, 0.6) is 0 Å². The van der Waals surface area contributed by atoms with Crippen LogP contribution in [-0.4, -0.2) is 47.9 Å². The van der Waals surface area contributed by atoms with Crippen LogP contribution in [0.2, 0.25) is 0 Å². The molecule has 1 aliphatic heterocycles. The van der Waals surface area contributed by atoms with Gasteiger partial charge in [0.05, 0.1) is 24.4 Å². The van der Waals surface area contributed by atoms with Gasteiger partial charge in [-0.25, -0.2) is 9.97 Å². The van der Waals surface area contributed by atoms with Crippen molar-refractivity contribution in [1.29, 1.82) is 0 Å². The largest absolute Gasteiger partial charge is 0.378 e. The normalized spacial score (nSPS) is 17.2. The number of nitrogens with two attached hydrogens (primary N) is 1. The van der Waals surface area contributed by atoms with Gasteiger partial charge in [0.1, 0.15) is 15.3 Å². The number of fused-ring (bicyclic) bond motifs is 5. The monoisotopic (exact) mass is 416 g/mol. The van der Waals surface area contributed by atoms with Gasteiger partial charge < -0.3 is 15.4 Å². The maximum atomic E-state index is 11.2. The van der Waals surface area contributed by atoms with Gasteiger partial charge in [0.15, 0.2) is 5.03 Å². The molecule has 3 aromatic heterocycles. The van der Waals surface area contributed by atoms with Gasteiger partial charge in [0.25, 0.3) is 6.33 Å². The maximum Gasteiger partial charge on any atom is 0.285 e. The van der Waals surface area contributed by atoms with Crippen molar-refractivity contribution in [3.05, 3.63) is 17.5 Å². The highest BCUT2D eigenvalue weighted by Crippen LogP contribution is 2.42. The Hall–Kier alpha value is -1.97. The molecule has 146 valence electrons. The number of aromatic amines is 1. The Balaban J connectivity index is 1.71. The van der Waals surface area contributed by atoms with Crippen LogP contribution < -0.4 is 15.6 Å². The van der Waals surface area contributed by atoms with E-state index in [0.29, 0.717) is 0 Å². The number of hydrogen-bond acceptors (Lipinski definition) is 7. The van der Waals surface area contributed by atoms with Crippen molar-refractivity contribution in [1.82, 2.24) is 9.97 Å². The van der Waals surface area contributed by atoms with Crippen LogP contribution in [0.4, 0.5) is 5.82 Å². The highest BCUT2D eigenvalue weighted by atomic mass is 32.2. The maximum absolute atomic E-state index is 11.2. The van der Waals surface area contributed by atoms with Crippen molar-refractivity contribution in [3.8, 4) is 0 Å². The van der Waals surface area contributed by atoms with Crippen LogP contribution in [0, 0.1) is 0 Å². The van der Waals surface area contributed by atoms with Crippen LogP contribution in [0.3, 0.4) is 0 Å². The van der Waals surface area contributed by atoms with Crippen molar-refractivity contribution < 1.29 is 14.5 Å². The molecule has 0 atom stereocenters. The molecule has 5 rings (SSSR count). The third kappa shape index (κ3) is 3.11. The number of ether oxygens (including phenoxy) is 1. The fraction of sp³-hybridized carbons (Fsp3) is 0.474. The number of pyridine rings is 1. The second kappa shape index (κ2) is 7.46. The lowest BCUT2D eigenvalue weighted by Crippen LogP contribution is -2.37. The average molecular weight is 417 g/mol. The molecule has 3 aromatic rings. The number of anilines is 1. The molecule has 9 heteroatoms. The van der Waals surface area contributed by atoms with Crippen LogP contribution >= 0.6 is 23.1 Å². The van der Waals surface area contributed by atoms with Gasteiger partial charge in [-0.15, -0.1) is 11.3 Å². The van der Waals surface area contributed by atoms with Gasteiger partial charge in [-0.1, -0.05) is 11.8 Å². The molecule has 0 aromatic carbocycles. The quantitative estimate of drug-likeness (QED) is 0.516. The number of nitrogens with zero attached hydrogens (tertiary/aromatic N) is 3. The number of carbonyl (C=O) groups excluding carboxylic acids is 1. The summed E-state index contributed by atoms with van der Waals surface area (Å²) in [5, 5.41) is 2.13. The number of hydrogen-bond donors (Lipinski definition) is 1.